The van der Waals surface area contributed by atoms with Crippen molar-refractivity contribution < 1.29 is 9.53 Å². The number of Topliss-reactive ketones (excluding diaryl/α,β-unsaturated/α-hetero) is 1. The zero-order valence-electron chi connectivity index (χ0n) is 11.5. The number of rotatable bonds is 4. The van der Waals surface area contributed by atoms with Crippen LogP contribution in [-0.4, -0.2) is 18.0 Å². The first-order chi connectivity index (χ1) is 8.56. The van der Waals surface area contributed by atoms with Crippen molar-refractivity contribution in [2.24, 2.45) is 5.92 Å². The molecule has 0 aliphatic carbocycles. The van der Waals surface area contributed by atoms with Crippen LogP contribution in [0.15, 0.2) is 24.3 Å². The van der Waals surface area contributed by atoms with Crippen LogP contribution in [0.1, 0.15) is 49.5 Å². The molecule has 1 aliphatic heterocycles. The first kappa shape index (κ1) is 13.3. The summed E-state index contributed by atoms with van der Waals surface area (Å²) in [7, 11) is 0. The second-order valence-corrected chi connectivity index (χ2v) is 5.68. The Bertz CT molecular complexity index is 423. The van der Waals surface area contributed by atoms with Gasteiger partial charge < -0.3 is 4.74 Å². The van der Waals surface area contributed by atoms with Gasteiger partial charge in [-0.3, -0.25) is 4.79 Å². The average molecular weight is 246 g/mol. The van der Waals surface area contributed by atoms with Gasteiger partial charge in [0.1, 0.15) is 6.10 Å². The van der Waals surface area contributed by atoms with E-state index in [9.17, 15) is 4.79 Å². The van der Waals surface area contributed by atoms with E-state index in [-0.39, 0.29) is 18.0 Å². The van der Waals surface area contributed by atoms with Crippen LogP contribution >= 0.6 is 0 Å². The van der Waals surface area contributed by atoms with Gasteiger partial charge in [0, 0.05) is 5.56 Å². The minimum atomic E-state index is -0.228. The number of ketones is 1. The van der Waals surface area contributed by atoms with Crippen molar-refractivity contribution in [3.8, 4) is 0 Å². The van der Waals surface area contributed by atoms with Crippen molar-refractivity contribution in [2.75, 3.05) is 0 Å². The number of carbonyl (C=O) groups is 1. The van der Waals surface area contributed by atoms with Crippen LogP contribution in [0, 0.1) is 5.92 Å². The molecule has 0 saturated carbocycles. The van der Waals surface area contributed by atoms with E-state index < -0.39 is 0 Å². The zero-order chi connectivity index (χ0) is 13.1. The highest BCUT2D eigenvalue weighted by atomic mass is 16.5. The Balaban J connectivity index is 2.10. The van der Waals surface area contributed by atoms with Crippen molar-refractivity contribution in [1.82, 2.24) is 0 Å². The molecule has 2 heteroatoms. The molecule has 0 bridgehead atoms. The van der Waals surface area contributed by atoms with Crippen LogP contribution in [0.4, 0.5) is 0 Å². The largest absolute Gasteiger partial charge is 0.367 e. The minimum absolute atomic E-state index is 0.143. The fraction of sp³-hybridized carbons (Fsp3) is 0.562. The summed E-state index contributed by atoms with van der Waals surface area (Å²) in [5, 5.41) is 0. The van der Waals surface area contributed by atoms with Crippen LogP contribution in [0.25, 0.3) is 0 Å². The highest BCUT2D eigenvalue weighted by Gasteiger charge is 2.28. The standard InChI is InChI=1S/C16H22O2/c1-11(2)9-13-5-4-6-14(10-13)16(17)15-8-7-12(3)18-15/h4-6,10-12,15H,7-9H2,1-3H3. The summed E-state index contributed by atoms with van der Waals surface area (Å²) in [6.07, 6.45) is 2.85. The lowest BCUT2D eigenvalue weighted by Crippen LogP contribution is -2.20. The van der Waals surface area contributed by atoms with Gasteiger partial charge in [0.15, 0.2) is 5.78 Å². The molecule has 2 atom stereocenters. The quantitative estimate of drug-likeness (QED) is 0.758. The molecule has 2 unspecified atom stereocenters. The third-order valence-corrected chi connectivity index (χ3v) is 3.38. The molecule has 1 fully saturated rings. The number of hydrogen-bond acceptors (Lipinski definition) is 2. The lowest BCUT2D eigenvalue weighted by Gasteiger charge is -2.11. The second-order valence-electron chi connectivity index (χ2n) is 5.68. The summed E-state index contributed by atoms with van der Waals surface area (Å²) in [6.45, 7) is 6.41. The molecule has 0 amide bonds. The van der Waals surface area contributed by atoms with E-state index in [0.29, 0.717) is 5.92 Å². The summed E-state index contributed by atoms with van der Waals surface area (Å²) in [5.74, 6) is 0.753. The predicted molar refractivity (Wildman–Crippen MR) is 72.9 cm³/mol. The maximum atomic E-state index is 12.3. The number of ether oxygens (including phenoxy) is 1. The molecule has 0 spiro atoms. The lowest BCUT2D eigenvalue weighted by molar-refractivity contribution is 0.0433. The Morgan fingerprint density at radius 3 is 2.78 bits per heavy atom. The summed E-state index contributed by atoms with van der Waals surface area (Å²) in [6, 6.07) is 7.99. The van der Waals surface area contributed by atoms with Crippen LogP contribution in [-0.2, 0) is 11.2 Å². The third-order valence-electron chi connectivity index (χ3n) is 3.38. The SMILES string of the molecule is CC(C)Cc1cccc(C(=O)C2CCC(C)O2)c1. The van der Waals surface area contributed by atoms with E-state index in [1.165, 1.54) is 5.56 Å². The lowest BCUT2D eigenvalue weighted by atomic mass is 9.97. The van der Waals surface area contributed by atoms with Crippen molar-refractivity contribution in [2.45, 2.75) is 52.2 Å². The molecule has 1 saturated heterocycles. The van der Waals surface area contributed by atoms with Gasteiger partial charge in [-0.25, -0.2) is 0 Å². The molecule has 0 N–H and O–H groups in total. The fourth-order valence-electron chi connectivity index (χ4n) is 2.50. The van der Waals surface area contributed by atoms with Gasteiger partial charge in [0.25, 0.3) is 0 Å². The van der Waals surface area contributed by atoms with E-state index >= 15 is 0 Å². The Labute approximate surface area is 109 Å². The third kappa shape index (κ3) is 3.20. The minimum Gasteiger partial charge on any atom is -0.367 e. The molecule has 1 aliphatic rings. The predicted octanol–water partition coefficient (Wildman–Crippen LogP) is 3.64. The van der Waals surface area contributed by atoms with E-state index in [1.54, 1.807) is 0 Å². The van der Waals surface area contributed by atoms with Crippen molar-refractivity contribution in [1.29, 1.82) is 0 Å². The van der Waals surface area contributed by atoms with Crippen molar-refractivity contribution >= 4 is 5.78 Å². The molecular weight excluding hydrogens is 224 g/mol. The monoisotopic (exact) mass is 246 g/mol. The number of carbonyl (C=O) groups excluding carboxylic acids is 1. The van der Waals surface area contributed by atoms with Crippen LogP contribution < -0.4 is 0 Å². The highest BCUT2D eigenvalue weighted by Crippen LogP contribution is 2.23. The van der Waals surface area contributed by atoms with Crippen molar-refractivity contribution in [3.05, 3.63) is 35.4 Å². The van der Waals surface area contributed by atoms with E-state index in [1.807, 2.05) is 25.1 Å². The molecule has 2 nitrogen and oxygen atoms in total. The maximum Gasteiger partial charge on any atom is 0.191 e. The van der Waals surface area contributed by atoms with E-state index in [0.717, 1.165) is 24.8 Å². The van der Waals surface area contributed by atoms with Crippen LogP contribution in [0.2, 0.25) is 0 Å². The Morgan fingerprint density at radius 2 is 2.17 bits per heavy atom. The topological polar surface area (TPSA) is 26.3 Å². The molecule has 0 radical (unpaired) electrons. The normalized spacial score (nSPS) is 23.6. The van der Waals surface area contributed by atoms with Gasteiger partial charge >= 0.3 is 0 Å². The number of hydrogen-bond donors (Lipinski definition) is 0. The fourth-order valence-corrected chi connectivity index (χ4v) is 2.50. The van der Waals surface area contributed by atoms with Gasteiger partial charge in [-0.15, -0.1) is 0 Å². The average Bonchev–Trinajstić information content (AvgIpc) is 2.74. The smallest absolute Gasteiger partial charge is 0.191 e. The van der Waals surface area contributed by atoms with Crippen molar-refractivity contribution in [3.63, 3.8) is 0 Å². The molecule has 1 aromatic carbocycles. The zero-order valence-corrected chi connectivity index (χ0v) is 11.5. The summed E-state index contributed by atoms with van der Waals surface area (Å²) < 4.78 is 5.65. The maximum absolute atomic E-state index is 12.3. The van der Waals surface area contributed by atoms with Crippen LogP contribution in [0.3, 0.4) is 0 Å². The molecule has 18 heavy (non-hydrogen) atoms. The molecule has 2 rings (SSSR count). The Hall–Kier alpha value is -1.15. The highest BCUT2D eigenvalue weighted by molar-refractivity contribution is 5.99. The molecule has 1 aromatic rings. The van der Waals surface area contributed by atoms with Gasteiger partial charge in [-0.05, 0) is 43.7 Å². The van der Waals surface area contributed by atoms with E-state index in [4.69, 9.17) is 4.74 Å². The number of benzene rings is 1. The summed E-state index contributed by atoms with van der Waals surface area (Å²) >= 11 is 0. The Morgan fingerprint density at radius 1 is 1.39 bits per heavy atom. The first-order valence-corrected chi connectivity index (χ1v) is 6.85. The second kappa shape index (κ2) is 5.66. The Kier molecular flexibility index (Phi) is 4.18. The summed E-state index contributed by atoms with van der Waals surface area (Å²) in [4.78, 5) is 12.3. The van der Waals surface area contributed by atoms with Crippen LogP contribution in [0.5, 0.6) is 0 Å². The van der Waals surface area contributed by atoms with Gasteiger partial charge in [0.2, 0.25) is 0 Å². The molecular formula is C16H22O2. The van der Waals surface area contributed by atoms with Gasteiger partial charge in [-0.2, -0.15) is 0 Å². The summed E-state index contributed by atoms with van der Waals surface area (Å²) in [5.41, 5.74) is 2.04. The molecule has 1 heterocycles. The molecule has 98 valence electrons. The van der Waals surface area contributed by atoms with E-state index in [2.05, 4.69) is 19.9 Å². The first-order valence-electron chi connectivity index (χ1n) is 6.85. The molecule has 0 aromatic heterocycles. The van der Waals surface area contributed by atoms with Gasteiger partial charge in [-0.1, -0.05) is 32.0 Å². The van der Waals surface area contributed by atoms with Gasteiger partial charge in [0.05, 0.1) is 6.10 Å².